The molecular formula is C15H11BrFN. The molecule has 0 saturated carbocycles. The number of rotatable bonds is 2. The van der Waals surface area contributed by atoms with Crippen molar-refractivity contribution in [2.75, 3.05) is 0 Å². The number of hydrogen-bond donors (Lipinski definition) is 0. The molecule has 0 aliphatic rings. The zero-order valence-electron chi connectivity index (χ0n) is 9.61. The van der Waals surface area contributed by atoms with Gasteiger partial charge in [0.25, 0.3) is 0 Å². The van der Waals surface area contributed by atoms with Crippen molar-refractivity contribution in [2.24, 2.45) is 0 Å². The number of halogens is 2. The van der Waals surface area contributed by atoms with Gasteiger partial charge in [0.2, 0.25) is 0 Å². The van der Waals surface area contributed by atoms with Gasteiger partial charge in [-0.1, -0.05) is 40.2 Å². The van der Waals surface area contributed by atoms with Gasteiger partial charge in [0, 0.05) is 22.7 Å². The largest absolute Gasteiger partial charge is 0.343 e. The zero-order valence-corrected chi connectivity index (χ0v) is 11.2. The van der Waals surface area contributed by atoms with E-state index in [1.54, 1.807) is 0 Å². The summed E-state index contributed by atoms with van der Waals surface area (Å²) in [5, 5.41) is 1.22. The van der Waals surface area contributed by atoms with Crippen LogP contribution in [0.25, 0.3) is 10.9 Å². The average Bonchev–Trinajstić information content (AvgIpc) is 2.76. The molecule has 0 saturated heterocycles. The zero-order chi connectivity index (χ0) is 12.5. The molecule has 0 N–H and O–H groups in total. The fraction of sp³-hybridized carbons (Fsp3) is 0.0667. The first-order valence-electron chi connectivity index (χ1n) is 5.72. The van der Waals surface area contributed by atoms with Crippen molar-refractivity contribution in [3.63, 3.8) is 0 Å². The Balaban J connectivity index is 2.01. The molecule has 2 aromatic carbocycles. The van der Waals surface area contributed by atoms with Gasteiger partial charge in [-0.25, -0.2) is 4.39 Å². The normalized spacial score (nSPS) is 11.0. The maximum absolute atomic E-state index is 13.0. The number of para-hydroxylation sites is 1. The van der Waals surface area contributed by atoms with E-state index in [4.69, 9.17) is 0 Å². The molecule has 0 amide bonds. The Morgan fingerprint density at radius 3 is 2.72 bits per heavy atom. The van der Waals surface area contributed by atoms with Crippen LogP contribution in [0, 0.1) is 5.82 Å². The Kier molecular flexibility index (Phi) is 2.92. The lowest BCUT2D eigenvalue weighted by Gasteiger charge is -2.08. The third kappa shape index (κ3) is 2.06. The third-order valence-electron chi connectivity index (χ3n) is 3.04. The molecule has 0 spiro atoms. The molecule has 0 bridgehead atoms. The first-order chi connectivity index (χ1) is 8.74. The van der Waals surface area contributed by atoms with Crippen LogP contribution in [-0.4, -0.2) is 4.57 Å². The number of benzene rings is 2. The molecule has 3 aromatic rings. The van der Waals surface area contributed by atoms with E-state index >= 15 is 0 Å². The number of hydrogen-bond acceptors (Lipinski definition) is 0. The summed E-state index contributed by atoms with van der Waals surface area (Å²) in [7, 11) is 0. The van der Waals surface area contributed by atoms with E-state index < -0.39 is 0 Å². The fourth-order valence-corrected chi connectivity index (χ4v) is 2.59. The van der Waals surface area contributed by atoms with Gasteiger partial charge in [0.1, 0.15) is 5.82 Å². The highest BCUT2D eigenvalue weighted by Crippen LogP contribution is 2.22. The van der Waals surface area contributed by atoms with Gasteiger partial charge in [-0.15, -0.1) is 0 Å². The molecule has 0 unspecified atom stereocenters. The third-order valence-corrected chi connectivity index (χ3v) is 3.77. The Bertz CT molecular complexity index is 703. The van der Waals surface area contributed by atoms with Gasteiger partial charge in [-0.3, -0.25) is 0 Å². The highest BCUT2D eigenvalue weighted by molar-refractivity contribution is 9.10. The Morgan fingerprint density at radius 1 is 1.06 bits per heavy atom. The maximum Gasteiger partial charge on any atom is 0.124 e. The minimum Gasteiger partial charge on any atom is -0.343 e. The van der Waals surface area contributed by atoms with Gasteiger partial charge in [0.15, 0.2) is 0 Å². The molecule has 0 aliphatic heterocycles. The molecule has 1 aromatic heterocycles. The summed E-state index contributed by atoms with van der Waals surface area (Å²) in [5.74, 6) is -0.219. The lowest BCUT2D eigenvalue weighted by atomic mass is 10.2. The molecule has 0 fully saturated rings. The second-order valence-corrected chi connectivity index (χ2v) is 5.09. The smallest absolute Gasteiger partial charge is 0.124 e. The van der Waals surface area contributed by atoms with Gasteiger partial charge in [0.05, 0.1) is 0 Å². The van der Waals surface area contributed by atoms with Crippen LogP contribution in [0.2, 0.25) is 0 Å². The van der Waals surface area contributed by atoms with Crippen molar-refractivity contribution in [3.8, 4) is 0 Å². The highest BCUT2D eigenvalue weighted by Gasteiger charge is 2.05. The molecule has 0 atom stereocenters. The summed E-state index contributed by atoms with van der Waals surface area (Å²) in [6.07, 6.45) is 2.06. The second kappa shape index (κ2) is 4.58. The van der Waals surface area contributed by atoms with Crippen LogP contribution < -0.4 is 0 Å². The van der Waals surface area contributed by atoms with Crippen LogP contribution in [0.5, 0.6) is 0 Å². The standard InChI is InChI=1S/C15H11BrFN/c16-14-9-13(17)6-5-12(14)10-18-8-7-11-3-1-2-4-15(11)18/h1-9H,10H2. The SMILES string of the molecule is Fc1ccc(Cn2ccc3ccccc32)c(Br)c1. The molecule has 3 rings (SSSR count). The van der Waals surface area contributed by atoms with E-state index in [9.17, 15) is 4.39 Å². The van der Waals surface area contributed by atoms with E-state index in [2.05, 4.69) is 44.9 Å². The van der Waals surface area contributed by atoms with Crippen molar-refractivity contribution in [3.05, 3.63) is 70.6 Å². The molecular weight excluding hydrogens is 293 g/mol. The van der Waals surface area contributed by atoms with Gasteiger partial charge >= 0.3 is 0 Å². The number of fused-ring (bicyclic) bond motifs is 1. The molecule has 0 aliphatic carbocycles. The summed E-state index contributed by atoms with van der Waals surface area (Å²) < 4.78 is 16.0. The van der Waals surface area contributed by atoms with Crippen LogP contribution in [0.15, 0.2) is 59.2 Å². The Morgan fingerprint density at radius 2 is 1.89 bits per heavy atom. The van der Waals surface area contributed by atoms with Crippen molar-refractivity contribution in [2.45, 2.75) is 6.54 Å². The lowest BCUT2D eigenvalue weighted by Crippen LogP contribution is -1.98. The molecule has 1 heterocycles. The summed E-state index contributed by atoms with van der Waals surface area (Å²) in [4.78, 5) is 0. The summed E-state index contributed by atoms with van der Waals surface area (Å²) >= 11 is 3.40. The van der Waals surface area contributed by atoms with Gasteiger partial charge in [-0.2, -0.15) is 0 Å². The van der Waals surface area contributed by atoms with Crippen LogP contribution in [0.3, 0.4) is 0 Å². The maximum atomic E-state index is 13.0. The quantitative estimate of drug-likeness (QED) is 0.652. The molecule has 90 valence electrons. The number of aromatic nitrogens is 1. The van der Waals surface area contributed by atoms with E-state index in [0.29, 0.717) is 0 Å². The molecule has 1 nitrogen and oxygen atoms in total. The fourth-order valence-electron chi connectivity index (χ4n) is 2.11. The summed E-state index contributed by atoms with van der Waals surface area (Å²) in [6, 6.07) is 15.1. The van der Waals surface area contributed by atoms with Crippen LogP contribution in [-0.2, 0) is 6.54 Å². The van der Waals surface area contributed by atoms with E-state index in [1.807, 2.05) is 18.2 Å². The Hall–Kier alpha value is -1.61. The lowest BCUT2D eigenvalue weighted by molar-refractivity contribution is 0.625. The summed E-state index contributed by atoms with van der Waals surface area (Å²) in [5.41, 5.74) is 2.26. The van der Waals surface area contributed by atoms with Crippen molar-refractivity contribution in [1.82, 2.24) is 4.57 Å². The van der Waals surface area contributed by atoms with Crippen LogP contribution in [0.1, 0.15) is 5.56 Å². The highest BCUT2D eigenvalue weighted by atomic mass is 79.9. The Labute approximate surface area is 113 Å². The monoisotopic (exact) mass is 303 g/mol. The molecule has 0 radical (unpaired) electrons. The van der Waals surface area contributed by atoms with Crippen molar-refractivity contribution < 1.29 is 4.39 Å². The minimum atomic E-state index is -0.219. The van der Waals surface area contributed by atoms with Gasteiger partial charge in [-0.05, 0) is 35.2 Å². The van der Waals surface area contributed by atoms with E-state index in [1.165, 1.54) is 23.0 Å². The predicted molar refractivity (Wildman–Crippen MR) is 75.1 cm³/mol. The first kappa shape index (κ1) is 11.5. The topological polar surface area (TPSA) is 4.93 Å². The molecule has 3 heteroatoms. The van der Waals surface area contributed by atoms with Gasteiger partial charge < -0.3 is 4.57 Å². The average molecular weight is 304 g/mol. The summed E-state index contributed by atoms with van der Waals surface area (Å²) in [6.45, 7) is 0.731. The minimum absolute atomic E-state index is 0.219. The second-order valence-electron chi connectivity index (χ2n) is 4.24. The van der Waals surface area contributed by atoms with E-state index in [-0.39, 0.29) is 5.82 Å². The van der Waals surface area contributed by atoms with E-state index in [0.717, 1.165) is 16.6 Å². The van der Waals surface area contributed by atoms with Crippen molar-refractivity contribution in [1.29, 1.82) is 0 Å². The van der Waals surface area contributed by atoms with Crippen LogP contribution in [0.4, 0.5) is 4.39 Å². The van der Waals surface area contributed by atoms with Crippen LogP contribution >= 0.6 is 15.9 Å². The molecule has 18 heavy (non-hydrogen) atoms. The first-order valence-corrected chi connectivity index (χ1v) is 6.51. The predicted octanol–water partition coefficient (Wildman–Crippen LogP) is 4.59. The van der Waals surface area contributed by atoms with Crippen molar-refractivity contribution >= 4 is 26.8 Å². The number of nitrogens with zero attached hydrogens (tertiary/aromatic N) is 1.